The van der Waals surface area contributed by atoms with Gasteiger partial charge in [-0.1, -0.05) is 42.5 Å². The van der Waals surface area contributed by atoms with Gasteiger partial charge in [-0.05, 0) is 24.0 Å². The lowest BCUT2D eigenvalue weighted by Gasteiger charge is -2.27. The van der Waals surface area contributed by atoms with Gasteiger partial charge in [0.25, 0.3) is 0 Å². The van der Waals surface area contributed by atoms with E-state index in [9.17, 15) is 0 Å². The topological polar surface area (TPSA) is 9.23 Å². The predicted molar refractivity (Wildman–Crippen MR) is 73.6 cm³/mol. The van der Waals surface area contributed by atoms with Crippen molar-refractivity contribution in [2.45, 2.75) is 31.1 Å². The molecular formula is C13H15Cl3O. The van der Waals surface area contributed by atoms with E-state index in [1.54, 1.807) is 13.2 Å². The van der Waals surface area contributed by atoms with E-state index in [-0.39, 0.29) is 5.38 Å². The van der Waals surface area contributed by atoms with Crippen molar-refractivity contribution >= 4 is 34.8 Å². The molecule has 0 spiro atoms. The van der Waals surface area contributed by atoms with Gasteiger partial charge in [0.2, 0.25) is 0 Å². The summed E-state index contributed by atoms with van der Waals surface area (Å²) >= 11 is 18.7. The second-order valence-electron chi connectivity index (χ2n) is 4.51. The molecular weight excluding hydrogens is 279 g/mol. The minimum Gasteiger partial charge on any atom is -0.495 e. The van der Waals surface area contributed by atoms with Gasteiger partial charge in [-0.15, -0.1) is 11.6 Å². The van der Waals surface area contributed by atoms with Crippen LogP contribution in [0.25, 0.3) is 0 Å². The molecule has 0 bridgehead atoms. The highest BCUT2D eigenvalue weighted by atomic mass is 35.5. The summed E-state index contributed by atoms with van der Waals surface area (Å²) in [5.41, 5.74) is 0.908. The maximum Gasteiger partial charge on any atom is 0.138 e. The minimum absolute atomic E-state index is 0.0591. The summed E-state index contributed by atoms with van der Waals surface area (Å²) in [5.74, 6) is 1.34. The monoisotopic (exact) mass is 292 g/mol. The zero-order valence-corrected chi connectivity index (χ0v) is 11.9. The van der Waals surface area contributed by atoms with Crippen molar-refractivity contribution in [2.75, 3.05) is 7.11 Å². The SMILES string of the molecule is COc1cc(Cl)c(C(Cl)CC2CCC2)cc1Cl. The second-order valence-corrected chi connectivity index (χ2v) is 5.85. The van der Waals surface area contributed by atoms with Crippen molar-refractivity contribution in [3.05, 3.63) is 27.7 Å². The Morgan fingerprint density at radius 1 is 1.29 bits per heavy atom. The normalized spacial score (nSPS) is 17.6. The molecule has 1 aliphatic carbocycles. The number of alkyl halides is 1. The summed E-state index contributed by atoms with van der Waals surface area (Å²) in [7, 11) is 1.57. The summed E-state index contributed by atoms with van der Waals surface area (Å²) < 4.78 is 5.11. The van der Waals surface area contributed by atoms with Crippen molar-refractivity contribution in [3.63, 3.8) is 0 Å². The van der Waals surface area contributed by atoms with Crippen molar-refractivity contribution in [3.8, 4) is 5.75 Å². The Hall–Kier alpha value is -0.110. The van der Waals surface area contributed by atoms with Crippen LogP contribution < -0.4 is 4.74 Å². The first-order valence-electron chi connectivity index (χ1n) is 5.78. The van der Waals surface area contributed by atoms with Gasteiger partial charge in [0.1, 0.15) is 5.75 Å². The molecule has 1 fully saturated rings. The first-order valence-corrected chi connectivity index (χ1v) is 6.98. The zero-order chi connectivity index (χ0) is 12.4. The molecule has 1 unspecified atom stereocenters. The lowest BCUT2D eigenvalue weighted by atomic mass is 9.81. The average Bonchev–Trinajstić information content (AvgIpc) is 2.25. The largest absolute Gasteiger partial charge is 0.495 e. The molecule has 1 aromatic carbocycles. The zero-order valence-electron chi connectivity index (χ0n) is 9.68. The van der Waals surface area contributed by atoms with E-state index >= 15 is 0 Å². The van der Waals surface area contributed by atoms with Crippen molar-refractivity contribution in [1.29, 1.82) is 0 Å². The van der Waals surface area contributed by atoms with Gasteiger partial charge in [-0.25, -0.2) is 0 Å². The van der Waals surface area contributed by atoms with Crippen LogP contribution in [0.2, 0.25) is 10.0 Å². The average molecular weight is 294 g/mol. The molecule has 1 aliphatic rings. The third-order valence-electron chi connectivity index (χ3n) is 3.37. The number of halogens is 3. The van der Waals surface area contributed by atoms with Crippen LogP contribution in [0.15, 0.2) is 12.1 Å². The van der Waals surface area contributed by atoms with E-state index in [1.165, 1.54) is 19.3 Å². The Kier molecular flexibility index (Phi) is 4.46. The third kappa shape index (κ3) is 3.01. The van der Waals surface area contributed by atoms with Gasteiger partial charge in [-0.3, -0.25) is 0 Å². The lowest BCUT2D eigenvalue weighted by Crippen LogP contribution is -2.13. The molecule has 0 heterocycles. The summed E-state index contributed by atoms with van der Waals surface area (Å²) in [6, 6.07) is 3.55. The molecule has 1 saturated carbocycles. The molecule has 1 aromatic rings. The van der Waals surface area contributed by atoms with Crippen LogP contribution in [0.1, 0.15) is 36.6 Å². The molecule has 4 heteroatoms. The molecule has 0 aliphatic heterocycles. The fourth-order valence-electron chi connectivity index (χ4n) is 2.09. The maximum absolute atomic E-state index is 6.40. The van der Waals surface area contributed by atoms with E-state index in [2.05, 4.69) is 0 Å². The lowest BCUT2D eigenvalue weighted by molar-refractivity contribution is 0.293. The third-order valence-corrected chi connectivity index (χ3v) is 4.41. The molecule has 0 radical (unpaired) electrons. The Morgan fingerprint density at radius 3 is 2.53 bits per heavy atom. The molecule has 94 valence electrons. The summed E-state index contributed by atoms with van der Waals surface area (Å²) in [6.45, 7) is 0. The van der Waals surface area contributed by atoms with Gasteiger partial charge >= 0.3 is 0 Å². The number of hydrogen-bond donors (Lipinski definition) is 0. The Labute approximate surface area is 117 Å². The molecule has 0 aromatic heterocycles. The number of methoxy groups -OCH3 is 1. The minimum atomic E-state index is -0.0591. The fraction of sp³-hybridized carbons (Fsp3) is 0.538. The van der Waals surface area contributed by atoms with Gasteiger partial charge < -0.3 is 4.74 Å². The van der Waals surface area contributed by atoms with Crippen LogP contribution in [0.4, 0.5) is 0 Å². The highest BCUT2D eigenvalue weighted by Gasteiger charge is 2.23. The molecule has 1 atom stereocenters. The van der Waals surface area contributed by atoms with Gasteiger partial charge in [0.05, 0.1) is 17.5 Å². The summed E-state index contributed by atoms with van der Waals surface area (Å²) in [4.78, 5) is 0. The van der Waals surface area contributed by atoms with Crippen molar-refractivity contribution in [2.24, 2.45) is 5.92 Å². The van der Waals surface area contributed by atoms with E-state index in [0.717, 1.165) is 17.9 Å². The quantitative estimate of drug-likeness (QED) is 0.669. The summed E-state index contributed by atoms with van der Waals surface area (Å²) in [6.07, 6.45) is 4.87. The number of rotatable bonds is 4. The second kappa shape index (κ2) is 5.69. The molecule has 2 rings (SSSR count). The first-order chi connectivity index (χ1) is 8.11. The van der Waals surface area contributed by atoms with Crippen LogP contribution in [0, 0.1) is 5.92 Å². The molecule has 17 heavy (non-hydrogen) atoms. The highest BCUT2D eigenvalue weighted by Crippen LogP contribution is 2.42. The van der Waals surface area contributed by atoms with Crippen LogP contribution in [-0.4, -0.2) is 7.11 Å². The smallest absolute Gasteiger partial charge is 0.138 e. The molecule has 0 saturated heterocycles. The highest BCUT2D eigenvalue weighted by molar-refractivity contribution is 6.35. The Bertz CT molecular complexity index is 402. The number of hydrogen-bond acceptors (Lipinski definition) is 1. The molecule has 0 N–H and O–H groups in total. The van der Waals surface area contributed by atoms with Crippen LogP contribution in [0.3, 0.4) is 0 Å². The van der Waals surface area contributed by atoms with Gasteiger partial charge in [0, 0.05) is 11.1 Å². The fourth-order valence-corrected chi connectivity index (χ4v) is 3.11. The standard InChI is InChI=1S/C13H15Cl3O/c1-17-13-7-11(15)9(6-12(13)16)10(14)5-8-3-2-4-8/h6-8,10H,2-5H2,1H3. The van der Waals surface area contributed by atoms with Crippen molar-refractivity contribution < 1.29 is 4.74 Å². The number of ether oxygens (including phenoxy) is 1. The van der Waals surface area contributed by atoms with Crippen LogP contribution in [-0.2, 0) is 0 Å². The summed E-state index contributed by atoms with van der Waals surface area (Å²) in [5, 5.41) is 1.13. The predicted octanol–water partition coefficient (Wildman–Crippen LogP) is 5.47. The van der Waals surface area contributed by atoms with E-state index in [0.29, 0.717) is 15.8 Å². The Balaban J connectivity index is 2.16. The van der Waals surface area contributed by atoms with Gasteiger partial charge in [0.15, 0.2) is 0 Å². The van der Waals surface area contributed by atoms with E-state index in [1.807, 2.05) is 6.07 Å². The van der Waals surface area contributed by atoms with Crippen molar-refractivity contribution in [1.82, 2.24) is 0 Å². The van der Waals surface area contributed by atoms with Crippen LogP contribution >= 0.6 is 34.8 Å². The molecule has 1 nitrogen and oxygen atoms in total. The molecule has 0 amide bonds. The first kappa shape index (κ1) is 13.3. The maximum atomic E-state index is 6.40. The van der Waals surface area contributed by atoms with E-state index < -0.39 is 0 Å². The van der Waals surface area contributed by atoms with Gasteiger partial charge in [-0.2, -0.15) is 0 Å². The van der Waals surface area contributed by atoms with Crippen LogP contribution in [0.5, 0.6) is 5.75 Å². The van der Waals surface area contributed by atoms with E-state index in [4.69, 9.17) is 39.5 Å². The Morgan fingerprint density at radius 2 is 2.00 bits per heavy atom. The number of benzene rings is 1.